The highest BCUT2D eigenvalue weighted by atomic mass is 19.4. The Hall–Kier alpha value is -3.67. The van der Waals surface area contributed by atoms with Gasteiger partial charge in [-0.1, -0.05) is 13.0 Å². The van der Waals surface area contributed by atoms with Gasteiger partial charge in [-0.05, 0) is 36.2 Å². The Morgan fingerprint density at radius 3 is 2.53 bits per heavy atom. The lowest BCUT2D eigenvalue weighted by Crippen LogP contribution is -2.11. The lowest BCUT2D eigenvalue weighted by molar-refractivity contribution is -0.137. The predicted octanol–water partition coefficient (Wildman–Crippen LogP) is 5.14. The van der Waals surface area contributed by atoms with Crippen LogP contribution < -0.4 is 5.32 Å². The van der Waals surface area contributed by atoms with Crippen molar-refractivity contribution in [1.29, 1.82) is 5.26 Å². The van der Waals surface area contributed by atoms with E-state index in [-0.39, 0.29) is 23.4 Å². The zero-order valence-corrected chi connectivity index (χ0v) is 15.6. The fourth-order valence-electron chi connectivity index (χ4n) is 3.11. The van der Waals surface area contributed by atoms with Crippen LogP contribution in [-0.4, -0.2) is 16.1 Å². The predicted molar refractivity (Wildman–Crippen MR) is 102 cm³/mol. The number of halogens is 4. The molecule has 2 aromatic carbocycles. The lowest BCUT2D eigenvalue weighted by Gasteiger charge is -2.15. The number of anilines is 1. The van der Waals surface area contributed by atoms with Crippen LogP contribution in [0, 0.1) is 17.1 Å². The van der Waals surface area contributed by atoms with Gasteiger partial charge in [-0.15, -0.1) is 0 Å². The standard InChI is InChI=1S/C21H15F4N3O2/c1-2-12-5-11(8-26)6-15-18(12)28-10-16(20(29)30)19(15)27-9-13-3-4-14(7-17(13)22)21(23,24)25/h3-7,10H,2,9H2,1H3,(H,27,28)(H,29,30). The highest BCUT2D eigenvalue weighted by molar-refractivity contribution is 6.05. The second kappa shape index (κ2) is 7.99. The fraction of sp³-hybridized carbons (Fsp3) is 0.190. The number of pyridine rings is 1. The van der Waals surface area contributed by atoms with Crippen LogP contribution in [0.3, 0.4) is 0 Å². The minimum absolute atomic E-state index is 0.0727. The Labute approximate surface area is 168 Å². The summed E-state index contributed by atoms with van der Waals surface area (Å²) in [4.78, 5) is 15.9. The van der Waals surface area contributed by atoms with Crippen LogP contribution in [0.4, 0.5) is 23.2 Å². The zero-order chi connectivity index (χ0) is 22.1. The van der Waals surface area contributed by atoms with E-state index in [1.165, 1.54) is 6.07 Å². The van der Waals surface area contributed by atoms with Gasteiger partial charge < -0.3 is 10.4 Å². The van der Waals surface area contributed by atoms with E-state index < -0.39 is 23.5 Å². The van der Waals surface area contributed by atoms with Gasteiger partial charge in [0.2, 0.25) is 0 Å². The molecule has 5 nitrogen and oxygen atoms in total. The summed E-state index contributed by atoms with van der Waals surface area (Å²) in [6.07, 6.45) is -2.98. The largest absolute Gasteiger partial charge is 0.478 e. The van der Waals surface area contributed by atoms with Crippen LogP contribution in [0.2, 0.25) is 0 Å². The van der Waals surface area contributed by atoms with Gasteiger partial charge in [0.05, 0.1) is 28.4 Å². The van der Waals surface area contributed by atoms with Gasteiger partial charge in [-0.3, -0.25) is 4.98 Å². The molecule has 3 rings (SSSR count). The zero-order valence-electron chi connectivity index (χ0n) is 15.6. The fourth-order valence-corrected chi connectivity index (χ4v) is 3.11. The molecule has 1 heterocycles. The maximum Gasteiger partial charge on any atom is 0.416 e. The van der Waals surface area contributed by atoms with Gasteiger partial charge in [0.15, 0.2) is 0 Å². The highest BCUT2D eigenvalue weighted by Crippen LogP contribution is 2.32. The molecule has 0 fully saturated rings. The number of carboxylic acid groups (broad SMARTS) is 1. The van der Waals surface area contributed by atoms with E-state index in [9.17, 15) is 32.7 Å². The molecule has 0 aliphatic rings. The van der Waals surface area contributed by atoms with E-state index in [1.54, 1.807) is 6.07 Å². The van der Waals surface area contributed by atoms with Gasteiger partial charge in [0, 0.05) is 23.7 Å². The molecule has 0 saturated heterocycles. The average Bonchev–Trinajstić information content (AvgIpc) is 2.70. The number of rotatable bonds is 5. The lowest BCUT2D eigenvalue weighted by atomic mass is 10.0. The van der Waals surface area contributed by atoms with Crippen molar-refractivity contribution in [1.82, 2.24) is 4.98 Å². The summed E-state index contributed by atoms with van der Waals surface area (Å²) in [6, 6.07) is 7.26. The first-order valence-corrected chi connectivity index (χ1v) is 8.84. The van der Waals surface area contributed by atoms with Crippen molar-refractivity contribution in [2.75, 3.05) is 5.32 Å². The Morgan fingerprint density at radius 2 is 1.97 bits per heavy atom. The smallest absolute Gasteiger partial charge is 0.416 e. The van der Waals surface area contributed by atoms with E-state index in [4.69, 9.17) is 0 Å². The molecule has 0 radical (unpaired) electrons. The van der Waals surface area contributed by atoms with Crippen LogP contribution in [-0.2, 0) is 19.1 Å². The van der Waals surface area contributed by atoms with E-state index in [2.05, 4.69) is 10.3 Å². The maximum atomic E-state index is 14.2. The first-order chi connectivity index (χ1) is 14.2. The molecule has 0 unspecified atom stereocenters. The molecular weight excluding hydrogens is 402 g/mol. The number of aromatic nitrogens is 1. The quantitative estimate of drug-likeness (QED) is 0.562. The number of nitrogens with one attached hydrogen (secondary N) is 1. The molecule has 0 atom stereocenters. The minimum atomic E-state index is -4.67. The van der Waals surface area contributed by atoms with Gasteiger partial charge in [-0.2, -0.15) is 18.4 Å². The summed E-state index contributed by atoms with van der Waals surface area (Å²) < 4.78 is 52.4. The third-order valence-electron chi connectivity index (χ3n) is 4.63. The molecular formula is C21H15F4N3O2. The Balaban J connectivity index is 2.08. The first-order valence-electron chi connectivity index (χ1n) is 8.84. The third-order valence-corrected chi connectivity index (χ3v) is 4.63. The number of hydrogen-bond acceptors (Lipinski definition) is 4. The van der Waals surface area contributed by atoms with Crippen molar-refractivity contribution in [3.8, 4) is 6.07 Å². The second-order valence-electron chi connectivity index (χ2n) is 6.51. The number of nitriles is 1. The normalized spacial score (nSPS) is 11.3. The number of nitrogens with zero attached hydrogens (tertiary/aromatic N) is 2. The second-order valence-corrected chi connectivity index (χ2v) is 6.51. The molecule has 30 heavy (non-hydrogen) atoms. The highest BCUT2D eigenvalue weighted by Gasteiger charge is 2.31. The number of fused-ring (bicyclic) bond motifs is 1. The number of carbonyl (C=O) groups is 1. The summed E-state index contributed by atoms with van der Waals surface area (Å²) in [5.41, 5.74) is 0.228. The Bertz CT molecular complexity index is 1180. The van der Waals surface area contributed by atoms with E-state index in [0.717, 1.165) is 23.9 Å². The molecule has 154 valence electrons. The van der Waals surface area contributed by atoms with Crippen molar-refractivity contribution < 1.29 is 27.5 Å². The molecule has 9 heteroatoms. The van der Waals surface area contributed by atoms with Crippen LogP contribution in [0.5, 0.6) is 0 Å². The molecule has 0 amide bonds. The summed E-state index contributed by atoms with van der Waals surface area (Å²) in [7, 11) is 0. The molecule has 2 N–H and O–H groups in total. The van der Waals surface area contributed by atoms with Crippen molar-refractivity contribution in [2.45, 2.75) is 26.1 Å². The number of hydrogen-bond donors (Lipinski definition) is 2. The van der Waals surface area contributed by atoms with Crippen LogP contribution in [0.25, 0.3) is 10.9 Å². The van der Waals surface area contributed by atoms with Gasteiger partial charge in [-0.25, -0.2) is 9.18 Å². The van der Waals surface area contributed by atoms with Crippen molar-refractivity contribution in [3.05, 3.63) is 70.2 Å². The van der Waals surface area contributed by atoms with E-state index in [0.29, 0.717) is 29.0 Å². The first kappa shape index (κ1) is 21.0. The number of benzene rings is 2. The van der Waals surface area contributed by atoms with Gasteiger partial charge >= 0.3 is 12.1 Å². The molecule has 3 aromatic rings. The van der Waals surface area contributed by atoms with Gasteiger partial charge in [0.25, 0.3) is 0 Å². The Morgan fingerprint density at radius 1 is 1.23 bits per heavy atom. The van der Waals surface area contributed by atoms with Crippen molar-refractivity contribution in [3.63, 3.8) is 0 Å². The monoisotopic (exact) mass is 417 g/mol. The Kier molecular flexibility index (Phi) is 5.60. The minimum Gasteiger partial charge on any atom is -0.478 e. The van der Waals surface area contributed by atoms with Gasteiger partial charge in [0.1, 0.15) is 11.4 Å². The van der Waals surface area contributed by atoms with Crippen LogP contribution >= 0.6 is 0 Å². The molecule has 1 aromatic heterocycles. The van der Waals surface area contributed by atoms with E-state index in [1.807, 2.05) is 13.0 Å². The number of aromatic carboxylic acids is 1. The number of aryl methyl sites for hydroxylation is 1. The molecule has 0 aliphatic carbocycles. The molecule has 0 bridgehead atoms. The summed E-state index contributed by atoms with van der Waals surface area (Å²) in [5, 5.41) is 21.9. The summed E-state index contributed by atoms with van der Waals surface area (Å²) in [6.45, 7) is 1.59. The van der Waals surface area contributed by atoms with E-state index >= 15 is 0 Å². The molecule has 0 aliphatic heterocycles. The average molecular weight is 417 g/mol. The number of alkyl halides is 3. The molecule has 0 saturated carbocycles. The third kappa shape index (κ3) is 4.03. The maximum absolute atomic E-state index is 14.2. The van der Waals surface area contributed by atoms with Crippen molar-refractivity contribution >= 4 is 22.6 Å². The van der Waals surface area contributed by atoms with Crippen molar-refractivity contribution in [2.24, 2.45) is 0 Å². The summed E-state index contributed by atoms with van der Waals surface area (Å²) in [5.74, 6) is -2.36. The van der Waals surface area contributed by atoms with Crippen LogP contribution in [0.15, 0.2) is 36.5 Å². The summed E-state index contributed by atoms with van der Waals surface area (Å²) >= 11 is 0. The topological polar surface area (TPSA) is 86.0 Å². The van der Waals surface area contributed by atoms with Crippen LogP contribution in [0.1, 0.15) is 39.5 Å². The SMILES string of the molecule is CCc1cc(C#N)cc2c(NCc3ccc(C(F)(F)F)cc3F)c(C(=O)O)cnc12. The molecule has 0 spiro atoms. The number of carboxylic acids is 1.